The van der Waals surface area contributed by atoms with Crippen LogP contribution in [0.25, 0.3) is 0 Å². The zero-order valence-electron chi connectivity index (χ0n) is 14.0. The van der Waals surface area contributed by atoms with Crippen LogP contribution in [0.4, 0.5) is 0 Å². The van der Waals surface area contributed by atoms with E-state index in [0.717, 1.165) is 42.9 Å². The highest BCUT2D eigenvalue weighted by Gasteiger charge is 2.26. The molecule has 0 aliphatic carbocycles. The molecule has 1 aliphatic rings. The van der Waals surface area contributed by atoms with Crippen molar-refractivity contribution >= 4 is 17.8 Å². The third-order valence-corrected chi connectivity index (χ3v) is 7.62. The topological polar surface area (TPSA) is 35.5 Å². The summed E-state index contributed by atoms with van der Waals surface area (Å²) in [6, 6.07) is 19.6. The highest BCUT2D eigenvalue weighted by Crippen LogP contribution is 2.43. The summed E-state index contributed by atoms with van der Waals surface area (Å²) in [4.78, 5) is 0. The molecule has 1 atom stereocenters. The van der Waals surface area contributed by atoms with Crippen LogP contribution in [0.1, 0.15) is 25.7 Å². The Bertz CT molecular complexity index is 608. The van der Waals surface area contributed by atoms with E-state index in [1.165, 1.54) is 0 Å². The van der Waals surface area contributed by atoms with Crippen LogP contribution in [-0.4, -0.2) is 25.7 Å². The molecule has 1 fully saturated rings. The fourth-order valence-corrected chi connectivity index (χ4v) is 5.79. The van der Waals surface area contributed by atoms with E-state index in [1.54, 1.807) is 0 Å². The van der Waals surface area contributed by atoms with Gasteiger partial charge in [-0.2, -0.15) is 0 Å². The van der Waals surface area contributed by atoms with Gasteiger partial charge in [-0.1, -0.05) is 60.7 Å². The first-order valence-electron chi connectivity index (χ1n) is 8.72. The molecule has 1 saturated heterocycles. The smallest absolute Gasteiger partial charge is 0.157 e. The fourth-order valence-electron chi connectivity index (χ4n) is 3.09. The minimum atomic E-state index is -2.61. The molecule has 128 valence electrons. The molecule has 2 aromatic carbocycles. The summed E-state index contributed by atoms with van der Waals surface area (Å²) in [5, 5.41) is 1.84. The van der Waals surface area contributed by atoms with E-state index in [9.17, 15) is 4.57 Å². The Labute approximate surface area is 144 Å². The van der Waals surface area contributed by atoms with Crippen LogP contribution < -0.4 is 10.6 Å². The lowest BCUT2D eigenvalue weighted by molar-refractivity contribution is -0.162. The molecule has 0 amide bonds. The lowest BCUT2D eigenvalue weighted by atomic mass is 10.2. The van der Waals surface area contributed by atoms with Crippen LogP contribution in [0.15, 0.2) is 60.7 Å². The predicted molar refractivity (Wildman–Crippen MR) is 98.8 cm³/mol. The van der Waals surface area contributed by atoms with Gasteiger partial charge in [0.1, 0.15) is 7.14 Å². The monoisotopic (exact) mass is 344 g/mol. The van der Waals surface area contributed by atoms with Crippen LogP contribution in [0.3, 0.4) is 0 Å². The van der Waals surface area contributed by atoms with Crippen molar-refractivity contribution in [3.63, 3.8) is 0 Å². The minimum absolute atomic E-state index is 0.0772. The highest BCUT2D eigenvalue weighted by molar-refractivity contribution is 7.78. The summed E-state index contributed by atoms with van der Waals surface area (Å²) < 4.78 is 25.2. The summed E-state index contributed by atoms with van der Waals surface area (Å²) in [5.41, 5.74) is 0. The molecule has 4 heteroatoms. The maximum atomic E-state index is 13.8. The van der Waals surface area contributed by atoms with Crippen molar-refractivity contribution < 1.29 is 14.0 Å². The number of hydrogen-bond acceptors (Lipinski definition) is 3. The van der Waals surface area contributed by atoms with Crippen molar-refractivity contribution in [3.05, 3.63) is 60.7 Å². The first-order valence-corrected chi connectivity index (χ1v) is 10.6. The first kappa shape index (κ1) is 17.4. The molecule has 0 radical (unpaired) electrons. The molecule has 0 unspecified atom stereocenters. The van der Waals surface area contributed by atoms with E-state index in [2.05, 4.69) is 0 Å². The van der Waals surface area contributed by atoms with Crippen molar-refractivity contribution in [1.29, 1.82) is 0 Å². The standard InChI is InChI=1S/C20H25O3P/c21-24(18-10-3-1-4-11-18,19-12-5-2-6-13-19)17-9-16-23-20-14-7-8-15-22-20/h1-6,10-13,20H,7-9,14-17H2/t20-/m1/s1. The predicted octanol–water partition coefficient (Wildman–Crippen LogP) is 3.93. The Balaban J connectivity index is 1.66. The van der Waals surface area contributed by atoms with Crippen molar-refractivity contribution in [3.8, 4) is 0 Å². The van der Waals surface area contributed by atoms with Gasteiger partial charge in [0.2, 0.25) is 0 Å². The number of ether oxygens (including phenoxy) is 2. The molecule has 3 nitrogen and oxygen atoms in total. The van der Waals surface area contributed by atoms with Crippen molar-refractivity contribution in [2.75, 3.05) is 19.4 Å². The van der Waals surface area contributed by atoms with Gasteiger partial charge in [0, 0.05) is 23.4 Å². The molecule has 0 saturated carbocycles. The van der Waals surface area contributed by atoms with Crippen LogP contribution >= 0.6 is 7.14 Å². The normalized spacial score (nSPS) is 18.4. The Kier molecular flexibility index (Phi) is 6.25. The lowest BCUT2D eigenvalue weighted by Gasteiger charge is -2.23. The number of rotatable bonds is 7. The van der Waals surface area contributed by atoms with Crippen LogP contribution in [0, 0.1) is 0 Å². The van der Waals surface area contributed by atoms with Crippen LogP contribution in [-0.2, 0) is 14.0 Å². The van der Waals surface area contributed by atoms with E-state index < -0.39 is 7.14 Å². The number of benzene rings is 2. The molecule has 24 heavy (non-hydrogen) atoms. The summed E-state index contributed by atoms with van der Waals surface area (Å²) >= 11 is 0. The zero-order valence-corrected chi connectivity index (χ0v) is 14.9. The lowest BCUT2D eigenvalue weighted by Crippen LogP contribution is -2.24. The Morgan fingerprint density at radius 1 is 0.958 bits per heavy atom. The fraction of sp³-hybridized carbons (Fsp3) is 0.400. The second-order valence-electron chi connectivity index (χ2n) is 6.15. The molecule has 0 aromatic heterocycles. The average molecular weight is 344 g/mol. The van der Waals surface area contributed by atoms with Crippen molar-refractivity contribution in [2.45, 2.75) is 32.0 Å². The van der Waals surface area contributed by atoms with E-state index in [1.807, 2.05) is 60.7 Å². The van der Waals surface area contributed by atoms with Gasteiger partial charge in [-0.15, -0.1) is 0 Å². The Morgan fingerprint density at radius 2 is 1.58 bits per heavy atom. The number of hydrogen-bond donors (Lipinski definition) is 0. The zero-order chi connectivity index (χ0) is 16.7. The maximum Gasteiger partial charge on any atom is 0.157 e. The van der Waals surface area contributed by atoms with Gasteiger partial charge < -0.3 is 14.0 Å². The second kappa shape index (κ2) is 8.62. The molecule has 3 rings (SSSR count). The molecule has 0 N–H and O–H groups in total. The quantitative estimate of drug-likeness (QED) is 0.564. The third kappa shape index (κ3) is 4.36. The van der Waals surface area contributed by atoms with Gasteiger partial charge in [-0.05, 0) is 25.7 Å². The molecule has 0 bridgehead atoms. The molecule has 0 spiro atoms. The van der Waals surface area contributed by atoms with Gasteiger partial charge in [-0.3, -0.25) is 0 Å². The SMILES string of the molecule is O=P(CCCO[C@@H]1CCCCO1)(c1ccccc1)c1ccccc1. The molecule has 2 aromatic rings. The van der Waals surface area contributed by atoms with Crippen molar-refractivity contribution in [2.24, 2.45) is 0 Å². The Morgan fingerprint density at radius 3 is 2.12 bits per heavy atom. The van der Waals surface area contributed by atoms with Crippen molar-refractivity contribution in [1.82, 2.24) is 0 Å². The highest BCUT2D eigenvalue weighted by atomic mass is 31.2. The van der Waals surface area contributed by atoms with E-state index >= 15 is 0 Å². The molecular weight excluding hydrogens is 319 g/mol. The third-order valence-electron chi connectivity index (χ3n) is 4.41. The van der Waals surface area contributed by atoms with Gasteiger partial charge in [-0.25, -0.2) is 0 Å². The largest absolute Gasteiger partial charge is 0.353 e. The Hall–Kier alpha value is -1.41. The van der Waals surface area contributed by atoms with Crippen LogP contribution in [0.5, 0.6) is 0 Å². The maximum absolute atomic E-state index is 13.8. The summed E-state index contributed by atoms with van der Waals surface area (Å²) in [6.07, 6.45) is 4.56. The van der Waals surface area contributed by atoms with Crippen LogP contribution in [0.2, 0.25) is 0 Å². The molecule has 1 aliphatic heterocycles. The minimum Gasteiger partial charge on any atom is -0.353 e. The van der Waals surface area contributed by atoms with E-state index in [4.69, 9.17) is 9.47 Å². The summed E-state index contributed by atoms with van der Waals surface area (Å²) in [6.45, 7) is 1.38. The molecular formula is C20H25O3P. The average Bonchev–Trinajstić information content (AvgIpc) is 2.67. The van der Waals surface area contributed by atoms with E-state index in [0.29, 0.717) is 12.8 Å². The van der Waals surface area contributed by atoms with Gasteiger partial charge in [0.05, 0.1) is 6.61 Å². The van der Waals surface area contributed by atoms with Gasteiger partial charge in [0.15, 0.2) is 6.29 Å². The first-order chi connectivity index (χ1) is 11.8. The van der Waals surface area contributed by atoms with Gasteiger partial charge in [0.25, 0.3) is 0 Å². The molecule has 1 heterocycles. The summed E-state index contributed by atoms with van der Waals surface area (Å²) in [5.74, 6) is 0. The summed E-state index contributed by atoms with van der Waals surface area (Å²) in [7, 11) is -2.61. The second-order valence-corrected chi connectivity index (χ2v) is 9.11. The van der Waals surface area contributed by atoms with Gasteiger partial charge >= 0.3 is 0 Å². The van der Waals surface area contributed by atoms with E-state index in [-0.39, 0.29) is 6.29 Å².